The number of amides is 1. The first kappa shape index (κ1) is 17.3. The highest BCUT2D eigenvalue weighted by Crippen LogP contribution is 2.39. The standard InChI is InChI=1S/C15H20N2O5S/c1-4-21-15(20)10-9(6-22-14(19)8-5-7(8)2)11(13(18)17-3)23-12(10)16/h7-8H,4-6,16H2,1-3H3,(H,17,18)/t7-,8-/m0/s1. The van der Waals surface area contributed by atoms with Gasteiger partial charge in [-0.2, -0.15) is 0 Å². The van der Waals surface area contributed by atoms with Crippen molar-refractivity contribution in [1.82, 2.24) is 5.32 Å². The van der Waals surface area contributed by atoms with E-state index in [1.54, 1.807) is 6.92 Å². The van der Waals surface area contributed by atoms with E-state index < -0.39 is 5.97 Å². The number of carbonyl (C=O) groups excluding carboxylic acids is 3. The average Bonchev–Trinajstić information content (AvgIpc) is 3.15. The van der Waals surface area contributed by atoms with Gasteiger partial charge in [-0.15, -0.1) is 11.3 Å². The second-order valence-electron chi connectivity index (χ2n) is 5.38. The van der Waals surface area contributed by atoms with Crippen LogP contribution in [-0.4, -0.2) is 31.5 Å². The minimum Gasteiger partial charge on any atom is -0.462 e. The van der Waals surface area contributed by atoms with Crippen LogP contribution in [0, 0.1) is 11.8 Å². The number of hydrogen-bond donors (Lipinski definition) is 2. The maximum absolute atomic E-state index is 12.1. The van der Waals surface area contributed by atoms with Gasteiger partial charge in [-0.25, -0.2) is 4.79 Å². The fourth-order valence-corrected chi connectivity index (χ4v) is 3.25. The fourth-order valence-electron chi connectivity index (χ4n) is 2.25. The summed E-state index contributed by atoms with van der Waals surface area (Å²) < 4.78 is 10.2. The third-order valence-electron chi connectivity index (χ3n) is 3.72. The molecule has 2 atom stereocenters. The molecule has 2 rings (SSSR count). The Morgan fingerprint density at radius 2 is 2.00 bits per heavy atom. The fraction of sp³-hybridized carbons (Fsp3) is 0.533. The van der Waals surface area contributed by atoms with Crippen molar-refractivity contribution in [1.29, 1.82) is 0 Å². The van der Waals surface area contributed by atoms with Crippen LogP contribution < -0.4 is 11.1 Å². The van der Waals surface area contributed by atoms with Gasteiger partial charge in [0.2, 0.25) is 0 Å². The van der Waals surface area contributed by atoms with E-state index in [1.165, 1.54) is 7.05 Å². The predicted molar refractivity (Wildman–Crippen MR) is 85.1 cm³/mol. The van der Waals surface area contributed by atoms with Crippen molar-refractivity contribution < 1.29 is 23.9 Å². The van der Waals surface area contributed by atoms with Crippen LogP contribution in [0.2, 0.25) is 0 Å². The number of nitrogens with two attached hydrogens (primary N) is 1. The van der Waals surface area contributed by atoms with E-state index in [0.29, 0.717) is 11.5 Å². The maximum atomic E-state index is 12.1. The van der Waals surface area contributed by atoms with Gasteiger partial charge in [0, 0.05) is 12.6 Å². The average molecular weight is 340 g/mol. The molecule has 7 nitrogen and oxygen atoms in total. The van der Waals surface area contributed by atoms with Crippen LogP contribution in [0.25, 0.3) is 0 Å². The highest BCUT2D eigenvalue weighted by molar-refractivity contribution is 7.18. The molecule has 1 amide bonds. The molecular weight excluding hydrogens is 320 g/mol. The van der Waals surface area contributed by atoms with Crippen LogP contribution in [0.1, 0.15) is 45.9 Å². The molecule has 0 radical (unpaired) electrons. The Morgan fingerprint density at radius 3 is 2.52 bits per heavy atom. The van der Waals surface area contributed by atoms with E-state index in [-0.39, 0.29) is 46.4 Å². The van der Waals surface area contributed by atoms with Gasteiger partial charge >= 0.3 is 11.9 Å². The molecular formula is C15H20N2O5S. The first-order valence-electron chi connectivity index (χ1n) is 7.37. The quantitative estimate of drug-likeness (QED) is 0.761. The molecule has 1 aromatic heterocycles. The van der Waals surface area contributed by atoms with Gasteiger partial charge in [0.15, 0.2) is 0 Å². The van der Waals surface area contributed by atoms with Crippen molar-refractivity contribution in [2.24, 2.45) is 11.8 Å². The highest BCUT2D eigenvalue weighted by atomic mass is 32.1. The van der Waals surface area contributed by atoms with E-state index >= 15 is 0 Å². The lowest BCUT2D eigenvalue weighted by atomic mass is 10.1. The number of esters is 2. The molecule has 8 heteroatoms. The smallest absolute Gasteiger partial charge is 0.341 e. The number of carbonyl (C=O) groups is 3. The summed E-state index contributed by atoms with van der Waals surface area (Å²) in [5.41, 5.74) is 6.27. The lowest BCUT2D eigenvalue weighted by molar-refractivity contribution is -0.146. The first-order valence-corrected chi connectivity index (χ1v) is 8.19. The molecule has 126 valence electrons. The monoisotopic (exact) mass is 340 g/mol. The van der Waals surface area contributed by atoms with Crippen LogP contribution in [0.4, 0.5) is 5.00 Å². The Morgan fingerprint density at radius 1 is 1.35 bits per heavy atom. The Labute approximate surface area is 138 Å². The zero-order valence-electron chi connectivity index (χ0n) is 13.3. The van der Waals surface area contributed by atoms with Crippen molar-refractivity contribution in [3.05, 3.63) is 16.0 Å². The number of hydrogen-bond acceptors (Lipinski definition) is 7. The Balaban J connectivity index is 2.27. The van der Waals surface area contributed by atoms with E-state index in [9.17, 15) is 14.4 Å². The van der Waals surface area contributed by atoms with Crippen LogP contribution in [0.3, 0.4) is 0 Å². The van der Waals surface area contributed by atoms with Gasteiger partial charge in [-0.1, -0.05) is 6.92 Å². The summed E-state index contributed by atoms with van der Waals surface area (Å²) in [6.07, 6.45) is 0.803. The summed E-state index contributed by atoms with van der Waals surface area (Å²) in [6.45, 7) is 3.65. The summed E-state index contributed by atoms with van der Waals surface area (Å²) in [4.78, 5) is 36.2. The maximum Gasteiger partial charge on any atom is 0.341 e. The molecule has 0 saturated heterocycles. The highest BCUT2D eigenvalue weighted by Gasteiger charge is 2.41. The summed E-state index contributed by atoms with van der Waals surface area (Å²) in [5, 5.41) is 2.66. The van der Waals surface area contributed by atoms with Crippen molar-refractivity contribution in [2.45, 2.75) is 26.9 Å². The molecule has 1 aromatic rings. The minimum absolute atomic E-state index is 0.0968. The normalized spacial score (nSPS) is 19.1. The summed E-state index contributed by atoms with van der Waals surface area (Å²) >= 11 is 0.978. The number of anilines is 1. The SMILES string of the molecule is CCOC(=O)c1c(N)sc(C(=O)NC)c1COC(=O)[C@H]1C[C@@H]1C. The number of rotatable bonds is 6. The molecule has 0 aliphatic heterocycles. The molecule has 3 N–H and O–H groups in total. The van der Waals surface area contributed by atoms with Gasteiger partial charge < -0.3 is 20.5 Å². The molecule has 0 spiro atoms. The van der Waals surface area contributed by atoms with Gasteiger partial charge in [0.1, 0.15) is 22.0 Å². The number of nitrogens with one attached hydrogen (secondary N) is 1. The number of ether oxygens (including phenoxy) is 2. The Kier molecular flexibility index (Phi) is 5.25. The Hall–Kier alpha value is -2.09. The van der Waals surface area contributed by atoms with Gasteiger partial charge in [0.25, 0.3) is 5.91 Å². The lowest BCUT2D eigenvalue weighted by Gasteiger charge is -2.08. The molecule has 1 saturated carbocycles. The van der Waals surface area contributed by atoms with Gasteiger partial charge in [0.05, 0.1) is 12.5 Å². The summed E-state index contributed by atoms with van der Waals surface area (Å²) in [5.74, 6) is -1.11. The Bertz CT molecular complexity index is 640. The summed E-state index contributed by atoms with van der Waals surface area (Å²) in [7, 11) is 1.48. The molecule has 1 aliphatic carbocycles. The third kappa shape index (κ3) is 3.64. The van der Waals surface area contributed by atoms with E-state index in [0.717, 1.165) is 17.8 Å². The molecule has 0 aromatic carbocycles. The van der Waals surface area contributed by atoms with Crippen molar-refractivity contribution in [2.75, 3.05) is 19.4 Å². The summed E-state index contributed by atoms with van der Waals surface area (Å²) in [6, 6.07) is 0. The van der Waals surface area contributed by atoms with Gasteiger partial charge in [-0.05, 0) is 19.3 Å². The molecule has 1 aliphatic rings. The topological polar surface area (TPSA) is 108 Å². The zero-order valence-corrected chi connectivity index (χ0v) is 14.1. The van der Waals surface area contributed by atoms with Crippen LogP contribution >= 0.6 is 11.3 Å². The van der Waals surface area contributed by atoms with E-state index in [4.69, 9.17) is 15.2 Å². The van der Waals surface area contributed by atoms with Crippen molar-refractivity contribution >= 4 is 34.2 Å². The second kappa shape index (κ2) is 6.99. The van der Waals surface area contributed by atoms with E-state index in [1.807, 2.05) is 6.92 Å². The van der Waals surface area contributed by atoms with Gasteiger partial charge in [-0.3, -0.25) is 9.59 Å². The zero-order chi connectivity index (χ0) is 17.1. The van der Waals surface area contributed by atoms with Crippen LogP contribution in [-0.2, 0) is 20.9 Å². The minimum atomic E-state index is -0.623. The molecule has 0 unspecified atom stereocenters. The lowest BCUT2D eigenvalue weighted by Crippen LogP contribution is -2.20. The molecule has 23 heavy (non-hydrogen) atoms. The number of thiophene rings is 1. The molecule has 1 heterocycles. The molecule has 1 fully saturated rings. The van der Waals surface area contributed by atoms with Crippen molar-refractivity contribution in [3.63, 3.8) is 0 Å². The predicted octanol–water partition coefficient (Wildman–Crippen LogP) is 1.57. The molecule has 0 bridgehead atoms. The largest absolute Gasteiger partial charge is 0.462 e. The van der Waals surface area contributed by atoms with Crippen molar-refractivity contribution in [3.8, 4) is 0 Å². The second-order valence-corrected chi connectivity index (χ2v) is 6.43. The van der Waals surface area contributed by atoms with Crippen LogP contribution in [0.15, 0.2) is 0 Å². The number of nitrogen functional groups attached to an aromatic ring is 1. The third-order valence-corrected chi connectivity index (χ3v) is 4.78. The van der Waals surface area contributed by atoms with Crippen LogP contribution in [0.5, 0.6) is 0 Å². The van der Waals surface area contributed by atoms with E-state index in [2.05, 4.69) is 5.32 Å². The first-order chi connectivity index (χ1) is 10.9.